The third kappa shape index (κ3) is 5.74. The second-order valence-corrected chi connectivity index (χ2v) is 5.24. The van der Waals surface area contributed by atoms with Crippen LogP contribution in [0.4, 0.5) is 15.8 Å². The summed E-state index contributed by atoms with van der Waals surface area (Å²) in [5.74, 6) is -0.216. The number of halogens is 2. The second kappa shape index (κ2) is 9.78. The van der Waals surface area contributed by atoms with Gasteiger partial charge < -0.3 is 15.8 Å². The summed E-state index contributed by atoms with van der Waals surface area (Å²) in [4.78, 5) is 12.1. The van der Waals surface area contributed by atoms with Gasteiger partial charge in [-0.1, -0.05) is 25.1 Å². The van der Waals surface area contributed by atoms with E-state index in [1.165, 1.54) is 18.2 Å². The molecular formula is C18H22ClFN2O2. The summed E-state index contributed by atoms with van der Waals surface area (Å²) >= 11 is 0. The lowest BCUT2D eigenvalue weighted by Gasteiger charge is -2.12. The number of para-hydroxylation sites is 1. The lowest BCUT2D eigenvalue weighted by Crippen LogP contribution is -2.14. The van der Waals surface area contributed by atoms with Crippen LogP contribution in [0.1, 0.15) is 25.3 Å². The van der Waals surface area contributed by atoms with Gasteiger partial charge in [-0.2, -0.15) is 0 Å². The van der Waals surface area contributed by atoms with Crippen LogP contribution in [0, 0.1) is 5.82 Å². The summed E-state index contributed by atoms with van der Waals surface area (Å²) in [6.07, 6.45) is 1.64. The Bertz CT molecular complexity index is 680. The zero-order chi connectivity index (χ0) is 16.7. The topological polar surface area (TPSA) is 64.3 Å². The minimum Gasteiger partial charge on any atom is -0.491 e. The molecule has 0 atom stereocenters. The molecule has 0 saturated carbocycles. The van der Waals surface area contributed by atoms with Crippen LogP contribution in [-0.4, -0.2) is 12.5 Å². The van der Waals surface area contributed by atoms with Gasteiger partial charge in [-0.05, 0) is 36.6 Å². The zero-order valence-corrected chi connectivity index (χ0v) is 14.4. The van der Waals surface area contributed by atoms with Gasteiger partial charge in [-0.15, -0.1) is 12.4 Å². The fraction of sp³-hybridized carbons (Fsp3) is 0.278. The Labute approximate surface area is 147 Å². The van der Waals surface area contributed by atoms with E-state index in [-0.39, 0.29) is 18.3 Å². The van der Waals surface area contributed by atoms with Crippen LogP contribution in [0.15, 0.2) is 42.5 Å². The third-order valence-electron chi connectivity index (χ3n) is 3.36. The number of ether oxygens (including phenoxy) is 1. The molecule has 0 aliphatic carbocycles. The fourth-order valence-corrected chi connectivity index (χ4v) is 2.15. The highest BCUT2D eigenvalue weighted by molar-refractivity contribution is 5.92. The van der Waals surface area contributed by atoms with Gasteiger partial charge in [-0.3, -0.25) is 4.79 Å². The standard InChI is InChI=1S/C18H21FN2O2.ClH/c1-2-11-23-17-12-14(19)8-9-16(17)21-18(22)10-7-13-5-3-4-6-15(13)20;/h3-6,8-9,12H,2,7,10-11,20H2,1H3,(H,21,22);1H. The predicted molar refractivity (Wildman–Crippen MR) is 97.2 cm³/mol. The van der Waals surface area contributed by atoms with E-state index in [0.717, 1.165) is 12.0 Å². The quantitative estimate of drug-likeness (QED) is 0.734. The lowest BCUT2D eigenvalue weighted by molar-refractivity contribution is -0.116. The maximum atomic E-state index is 13.3. The van der Waals surface area contributed by atoms with Crippen molar-refractivity contribution in [2.75, 3.05) is 17.7 Å². The van der Waals surface area contributed by atoms with Gasteiger partial charge in [0.25, 0.3) is 0 Å². The minimum atomic E-state index is -0.397. The molecular weight excluding hydrogens is 331 g/mol. The van der Waals surface area contributed by atoms with Crippen LogP contribution in [-0.2, 0) is 11.2 Å². The van der Waals surface area contributed by atoms with Gasteiger partial charge in [0.1, 0.15) is 11.6 Å². The van der Waals surface area contributed by atoms with E-state index >= 15 is 0 Å². The molecule has 0 aliphatic rings. The van der Waals surface area contributed by atoms with E-state index < -0.39 is 5.82 Å². The molecule has 0 spiro atoms. The van der Waals surface area contributed by atoms with Crippen LogP contribution in [0.25, 0.3) is 0 Å². The normalized spacial score (nSPS) is 9.92. The summed E-state index contributed by atoms with van der Waals surface area (Å²) in [5.41, 5.74) is 7.95. The van der Waals surface area contributed by atoms with Gasteiger partial charge >= 0.3 is 0 Å². The Hall–Kier alpha value is -2.27. The first-order valence-corrected chi connectivity index (χ1v) is 7.65. The molecule has 0 aromatic heterocycles. The summed E-state index contributed by atoms with van der Waals surface area (Å²) < 4.78 is 18.8. The Morgan fingerprint density at radius 1 is 1.25 bits per heavy atom. The molecule has 2 rings (SSSR count). The van der Waals surface area contributed by atoms with Crippen LogP contribution in [0.5, 0.6) is 5.75 Å². The number of carbonyl (C=O) groups is 1. The third-order valence-corrected chi connectivity index (χ3v) is 3.36. The summed E-state index contributed by atoms with van der Waals surface area (Å²) in [6, 6.07) is 11.5. The molecule has 6 heteroatoms. The summed E-state index contributed by atoms with van der Waals surface area (Å²) in [6.45, 7) is 2.43. The first kappa shape index (κ1) is 19.8. The predicted octanol–water partition coefficient (Wildman–Crippen LogP) is 4.19. The van der Waals surface area contributed by atoms with Crippen LogP contribution < -0.4 is 15.8 Å². The number of benzene rings is 2. The molecule has 0 bridgehead atoms. The van der Waals surface area contributed by atoms with Crippen molar-refractivity contribution in [2.24, 2.45) is 0 Å². The van der Waals surface area contributed by atoms with E-state index in [9.17, 15) is 9.18 Å². The molecule has 0 radical (unpaired) electrons. The molecule has 0 unspecified atom stereocenters. The monoisotopic (exact) mass is 352 g/mol. The fourth-order valence-electron chi connectivity index (χ4n) is 2.15. The largest absolute Gasteiger partial charge is 0.491 e. The lowest BCUT2D eigenvalue weighted by atomic mass is 10.1. The Morgan fingerprint density at radius 2 is 2.00 bits per heavy atom. The van der Waals surface area contributed by atoms with Gasteiger partial charge in [-0.25, -0.2) is 4.39 Å². The van der Waals surface area contributed by atoms with Gasteiger partial charge in [0.05, 0.1) is 12.3 Å². The highest BCUT2D eigenvalue weighted by Crippen LogP contribution is 2.26. The Morgan fingerprint density at radius 3 is 2.71 bits per heavy atom. The van der Waals surface area contributed by atoms with Crippen molar-refractivity contribution in [3.63, 3.8) is 0 Å². The van der Waals surface area contributed by atoms with Crippen molar-refractivity contribution in [3.8, 4) is 5.75 Å². The van der Waals surface area contributed by atoms with Crippen molar-refractivity contribution in [1.82, 2.24) is 0 Å². The van der Waals surface area contributed by atoms with E-state index in [1.54, 1.807) is 0 Å². The zero-order valence-electron chi connectivity index (χ0n) is 13.5. The van der Waals surface area contributed by atoms with Gasteiger partial charge in [0.15, 0.2) is 0 Å². The van der Waals surface area contributed by atoms with Crippen molar-refractivity contribution in [2.45, 2.75) is 26.2 Å². The molecule has 0 heterocycles. The number of hydrogen-bond donors (Lipinski definition) is 2. The smallest absolute Gasteiger partial charge is 0.224 e. The van der Waals surface area contributed by atoms with Crippen LogP contribution in [0.3, 0.4) is 0 Å². The van der Waals surface area contributed by atoms with Gasteiger partial charge in [0.2, 0.25) is 5.91 Å². The molecule has 0 aliphatic heterocycles. The van der Waals surface area contributed by atoms with Crippen LogP contribution >= 0.6 is 12.4 Å². The van der Waals surface area contributed by atoms with E-state index in [4.69, 9.17) is 10.5 Å². The maximum Gasteiger partial charge on any atom is 0.224 e. The van der Waals surface area contributed by atoms with Gasteiger partial charge in [0, 0.05) is 18.2 Å². The van der Waals surface area contributed by atoms with Crippen LogP contribution in [0.2, 0.25) is 0 Å². The van der Waals surface area contributed by atoms with E-state index in [2.05, 4.69) is 5.32 Å². The highest BCUT2D eigenvalue weighted by Gasteiger charge is 2.10. The van der Waals surface area contributed by atoms with E-state index in [1.807, 2.05) is 31.2 Å². The Kier molecular flexibility index (Phi) is 8.06. The summed E-state index contributed by atoms with van der Waals surface area (Å²) in [5, 5.41) is 2.76. The maximum absolute atomic E-state index is 13.3. The SMILES string of the molecule is CCCOc1cc(F)ccc1NC(=O)CCc1ccccc1N.Cl. The first-order valence-electron chi connectivity index (χ1n) is 7.65. The number of nitrogens with one attached hydrogen (secondary N) is 1. The highest BCUT2D eigenvalue weighted by atomic mass is 35.5. The van der Waals surface area contributed by atoms with Crippen molar-refractivity contribution in [1.29, 1.82) is 0 Å². The number of nitrogens with two attached hydrogens (primary N) is 1. The number of rotatable bonds is 7. The molecule has 1 amide bonds. The van der Waals surface area contributed by atoms with Crippen molar-refractivity contribution >= 4 is 29.7 Å². The number of amides is 1. The number of hydrogen-bond acceptors (Lipinski definition) is 3. The van der Waals surface area contributed by atoms with Crippen molar-refractivity contribution < 1.29 is 13.9 Å². The Balaban J connectivity index is 0.00000288. The number of anilines is 2. The molecule has 0 saturated heterocycles. The molecule has 24 heavy (non-hydrogen) atoms. The molecule has 130 valence electrons. The van der Waals surface area contributed by atoms with E-state index in [0.29, 0.717) is 36.6 Å². The molecule has 3 N–H and O–H groups in total. The second-order valence-electron chi connectivity index (χ2n) is 5.24. The number of aryl methyl sites for hydroxylation is 1. The first-order chi connectivity index (χ1) is 11.1. The molecule has 4 nitrogen and oxygen atoms in total. The molecule has 2 aromatic carbocycles. The average Bonchev–Trinajstić information content (AvgIpc) is 2.54. The molecule has 0 fully saturated rings. The number of nitrogen functional groups attached to an aromatic ring is 1. The van der Waals surface area contributed by atoms with Crippen molar-refractivity contribution in [3.05, 3.63) is 53.8 Å². The average molecular weight is 353 g/mol. The molecule has 2 aromatic rings. The number of carbonyl (C=O) groups excluding carboxylic acids is 1. The summed E-state index contributed by atoms with van der Waals surface area (Å²) in [7, 11) is 0. The minimum absolute atomic E-state index is 0.